The van der Waals surface area contributed by atoms with E-state index in [4.69, 9.17) is 0 Å². The normalized spacial score (nSPS) is 30.8. The Kier molecular flexibility index (Phi) is 3.59. The molecule has 2 nitrogen and oxygen atoms in total. The molecule has 2 aliphatic rings. The third-order valence-corrected chi connectivity index (χ3v) is 5.63. The van der Waals surface area contributed by atoms with Gasteiger partial charge in [0.1, 0.15) is 0 Å². The minimum atomic E-state index is 0.221. The van der Waals surface area contributed by atoms with Crippen molar-refractivity contribution in [2.24, 2.45) is 11.8 Å². The Morgan fingerprint density at radius 1 is 1.22 bits per heavy atom. The first-order chi connectivity index (χ1) is 8.90. The number of benzene rings is 1. The number of amides is 1. The van der Waals surface area contributed by atoms with E-state index in [0.29, 0.717) is 5.92 Å². The van der Waals surface area contributed by atoms with Crippen molar-refractivity contribution in [3.05, 3.63) is 29.8 Å². The van der Waals surface area contributed by atoms with Crippen molar-refractivity contribution >= 4 is 18.2 Å². The van der Waals surface area contributed by atoms with Crippen molar-refractivity contribution in [3.8, 4) is 0 Å². The second kappa shape index (κ2) is 5.35. The van der Waals surface area contributed by atoms with Crippen molar-refractivity contribution < 1.29 is 4.79 Å². The van der Waals surface area contributed by atoms with Crippen LogP contribution in [-0.4, -0.2) is 12.2 Å². The minimum absolute atomic E-state index is 0.221. The standard InChI is InChI=1S/C15H19NOS/c17-10-16-15-12-6-2-1-5-11(12)9-18-14-8-4-3-7-13(14)15/h3-4,7-8,10-12,15H,1-2,5-6,9H2,(H,16,17)/t11-,12+,15+/m0/s1. The monoisotopic (exact) mass is 261 g/mol. The van der Waals surface area contributed by atoms with Gasteiger partial charge in [0.15, 0.2) is 0 Å². The lowest BCUT2D eigenvalue weighted by molar-refractivity contribution is -0.110. The number of carbonyl (C=O) groups excluding carboxylic acids is 1. The summed E-state index contributed by atoms with van der Waals surface area (Å²) in [6.45, 7) is 0. The van der Waals surface area contributed by atoms with Gasteiger partial charge < -0.3 is 5.32 Å². The number of hydrogen-bond acceptors (Lipinski definition) is 2. The first kappa shape index (κ1) is 12.1. The molecule has 1 fully saturated rings. The molecule has 3 rings (SSSR count). The highest BCUT2D eigenvalue weighted by molar-refractivity contribution is 7.99. The van der Waals surface area contributed by atoms with Crippen molar-refractivity contribution in [1.29, 1.82) is 0 Å². The van der Waals surface area contributed by atoms with Crippen LogP contribution in [0.5, 0.6) is 0 Å². The topological polar surface area (TPSA) is 29.1 Å². The summed E-state index contributed by atoms with van der Waals surface area (Å²) in [7, 11) is 0. The second-order valence-corrected chi connectivity index (χ2v) is 6.38. The quantitative estimate of drug-likeness (QED) is 0.827. The van der Waals surface area contributed by atoms with Crippen LogP contribution in [0, 0.1) is 11.8 Å². The Balaban J connectivity index is 1.98. The number of fused-ring (bicyclic) bond motifs is 2. The van der Waals surface area contributed by atoms with Crippen molar-refractivity contribution in [3.63, 3.8) is 0 Å². The maximum Gasteiger partial charge on any atom is 0.207 e. The number of thioether (sulfide) groups is 1. The zero-order valence-electron chi connectivity index (χ0n) is 10.5. The van der Waals surface area contributed by atoms with Gasteiger partial charge in [-0.3, -0.25) is 4.79 Å². The molecule has 1 N–H and O–H groups in total. The smallest absolute Gasteiger partial charge is 0.207 e. The molecular weight excluding hydrogens is 242 g/mol. The highest BCUT2D eigenvalue weighted by Gasteiger charge is 2.35. The first-order valence-corrected chi connectivity index (χ1v) is 7.80. The molecule has 1 aliphatic carbocycles. The summed E-state index contributed by atoms with van der Waals surface area (Å²) in [5, 5.41) is 3.09. The molecule has 96 valence electrons. The third-order valence-electron chi connectivity index (χ3n) is 4.35. The molecule has 0 radical (unpaired) electrons. The maximum atomic E-state index is 11.0. The summed E-state index contributed by atoms with van der Waals surface area (Å²) in [5.41, 5.74) is 1.32. The van der Waals surface area contributed by atoms with Gasteiger partial charge in [-0.05, 0) is 36.3 Å². The van der Waals surface area contributed by atoms with Crippen LogP contribution in [0.3, 0.4) is 0 Å². The minimum Gasteiger partial charge on any atom is -0.352 e. The average Bonchev–Trinajstić information content (AvgIpc) is 2.58. The van der Waals surface area contributed by atoms with Gasteiger partial charge in [0.05, 0.1) is 6.04 Å². The van der Waals surface area contributed by atoms with E-state index in [-0.39, 0.29) is 6.04 Å². The van der Waals surface area contributed by atoms with Crippen LogP contribution in [0.2, 0.25) is 0 Å². The van der Waals surface area contributed by atoms with Crippen molar-refractivity contribution in [1.82, 2.24) is 5.32 Å². The van der Waals surface area contributed by atoms with Gasteiger partial charge in [-0.2, -0.15) is 0 Å². The van der Waals surface area contributed by atoms with Crippen LogP contribution in [0.4, 0.5) is 0 Å². The molecule has 0 saturated heterocycles. The number of rotatable bonds is 2. The Labute approximate surface area is 113 Å². The zero-order valence-corrected chi connectivity index (χ0v) is 11.3. The molecule has 0 aromatic heterocycles. The van der Waals surface area contributed by atoms with E-state index in [1.165, 1.54) is 41.9 Å². The van der Waals surface area contributed by atoms with E-state index in [1.54, 1.807) is 0 Å². The molecule has 1 amide bonds. The Hall–Kier alpha value is -0.960. The van der Waals surface area contributed by atoms with Gasteiger partial charge in [-0.25, -0.2) is 0 Å². The van der Waals surface area contributed by atoms with Gasteiger partial charge >= 0.3 is 0 Å². The molecule has 1 aromatic rings. The molecule has 1 saturated carbocycles. The molecule has 1 aliphatic heterocycles. The fourth-order valence-corrected chi connectivity index (χ4v) is 4.81. The highest BCUT2D eigenvalue weighted by Crippen LogP contribution is 2.46. The van der Waals surface area contributed by atoms with E-state index in [1.807, 2.05) is 11.8 Å². The third kappa shape index (κ3) is 2.16. The van der Waals surface area contributed by atoms with E-state index in [2.05, 4.69) is 29.6 Å². The SMILES string of the molecule is O=CN[C@H]1c2ccccc2SC[C@@H]2CCCC[C@H]21. The van der Waals surface area contributed by atoms with Crippen molar-refractivity contribution in [2.75, 3.05) is 5.75 Å². The van der Waals surface area contributed by atoms with Crippen molar-refractivity contribution in [2.45, 2.75) is 36.6 Å². The van der Waals surface area contributed by atoms with E-state index in [0.717, 1.165) is 12.3 Å². The molecular formula is C15H19NOS. The molecule has 0 spiro atoms. The van der Waals surface area contributed by atoms with Crippen LogP contribution in [0.1, 0.15) is 37.3 Å². The molecule has 0 unspecified atom stereocenters. The van der Waals surface area contributed by atoms with E-state index < -0.39 is 0 Å². The fraction of sp³-hybridized carbons (Fsp3) is 0.533. The highest BCUT2D eigenvalue weighted by atomic mass is 32.2. The van der Waals surface area contributed by atoms with Gasteiger partial charge in [0.2, 0.25) is 6.41 Å². The van der Waals surface area contributed by atoms with Crippen LogP contribution in [0.15, 0.2) is 29.2 Å². The summed E-state index contributed by atoms with van der Waals surface area (Å²) in [4.78, 5) is 12.3. The largest absolute Gasteiger partial charge is 0.352 e. The Bertz CT molecular complexity index is 434. The lowest BCUT2D eigenvalue weighted by atomic mass is 9.74. The summed E-state index contributed by atoms with van der Waals surface area (Å²) >= 11 is 1.97. The molecule has 1 heterocycles. The van der Waals surface area contributed by atoms with Crippen LogP contribution < -0.4 is 5.32 Å². The summed E-state index contributed by atoms with van der Waals surface area (Å²) < 4.78 is 0. The predicted molar refractivity (Wildman–Crippen MR) is 74.6 cm³/mol. The molecule has 3 heteroatoms. The Morgan fingerprint density at radius 2 is 2.06 bits per heavy atom. The van der Waals surface area contributed by atoms with Gasteiger partial charge in [-0.1, -0.05) is 31.0 Å². The van der Waals surface area contributed by atoms with Gasteiger partial charge in [0.25, 0.3) is 0 Å². The molecule has 0 bridgehead atoms. The van der Waals surface area contributed by atoms with E-state index >= 15 is 0 Å². The van der Waals surface area contributed by atoms with Crippen LogP contribution in [0.25, 0.3) is 0 Å². The van der Waals surface area contributed by atoms with E-state index in [9.17, 15) is 4.79 Å². The molecule has 3 atom stereocenters. The fourth-order valence-electron chi connectivity index (χ4n) is 3.47. The lowest BCUT2D eigenvalue weighted by Crippen LogP contribution is -2.33. The first-order valence-electron chi connectivity index (χ1n) is 6.81. The maximum absolute atomic E-state index is 11.0. The number of hydrogen-bond donors (Lipinski definition) is 1. The summed E-state index contributed by atoms with van der Waals surface area (Å²) in [6.07, 6.45) is 6.12. The predicted octanol–water partition coefficient (Wildman–Crippen LogP) is 3.39. The second-order valence-electron chi connectivity index (χ2n) is 5.32. The number of nitrogens with one attached hydrogen (secondary N) is 1. The Morgan fingerprint density at radius 3 is 2.94 bits per heavy atom. The lowest BCUT2D eigenvalue weighted by Gasteiger charge is -2.35. The van der Waals surface area contributed by atoms with Gasteiger partial charge in [-0.15, -0.1) is 11.8 Å². The summed E-state index contributed by atoms with van der Waals surface area (Å²) in [6, 6.07) is 8.77. The average molecular weight is 261 g/mol. The molecule has 1 aromatic carbocycles. The van der Waals surface area contributed by atoms with Crippen LogP contribution >= 0.6 is 11.8 Å². The van der Waals surface area contributed by atoms with Crippen LogP contribution in [-0.2, 0) is 4.79 Å². The van der Waals surface area contributed by atoms with Gasteiger partial charge in [0, 0.05) is 10.6 Å². The zero-order chi connectivity index (χ0) is 12.4. The number of carbonyl (C=O) groups is 1. The molecule has 18 heavy (non-hydrogen) atoms. The summed E-state index contributed by atoms with van der Waals surface area (Å²) in [5.74, 6) is 2.59.